The van der Waals surface area contributed by atoms with E-state index in [4.69, 9.17) is 14.2 Å². The molecule has 0 N–H and O–H groups in total. The summed E-state index contributed by atoms with van der Waals surface area (Å²) in [6.45, 7) is 11.3. The number of hydrogen-bond donors (Lipinski definition) is 0. The SMILES string of the molecule is CCCCCCCCCCCCCCCCC(=O)OC[C@H](COC(=O)CCCCCCCCC(C)C)OC(=O)CCCCCCCCCCCCCCCCCCCCC(C)C. The molecule has 0 aromatic heterocycles. The van der Waals surface area contributed by atoms with Gasteiger partial charge in [0.25, 0.3) is 0 Å². The summed E-state index contributed by atoms with van der Waals surface area (Å²) in [5.41, 5.74) is 0. The van der Waals surface area contributed by atoms with Gasteiger partial charge in [0.1, 0.15) is 13.2 Å². The maximum Gasteiger partial charge on any atom is 0.306 e. The summed E-state index contributed by atoms with van der Waals surface area (Å²) in [6.07, 6.45) is 51.1. The van der Waals surface area contributed by atoms with Crippen LogP contribution >= 0.6 is 0 Å². The highest BCUT2D eigenvalue weighted by Crippen LogP contribution is 2.18. The van der Waals surface area contributed by atoms with Crippen molar-refractivity contribution in [2.45, 2.75) is 317 Å². The van der Waals surface area contributed by atoms with E-state index in [9.17, 15) is 14.4 Å². The Hall–Kier alpha value is -1.59. The van der Waals surface area contributed by atoms with Gasteiger partial charge in [-0.05, 0) is 31.1 Å². The van der Waals surface area contributed by atoms with Gasteiger partial charge in [0, 0.05) is 19.3 Å². The van der Waals surface area contributed by atoms with Crippen LogP contribution in [0.25, 0.3) is 0 Å². The van der Waals surface area contributed by atoms with Crippen molar-refractivity contribution >= 4 is 17.9 Å². The minimum Gasteiger partial charge on any atom is -0.462 e. The predicted octanol–water partition coefficient (Wildman–Crippen LogP) is 18.1. The third-order valence-corrected chi connectivity index (χ3v) is 12.7. The predicted molar refractivity (Wildman–Crippen MR) is 266 cm³/mol. The molecule has 1 atom stereocenters. The van der Waals surface area contributed by atoms with Crippen LogP contribution < -0.4 is 0 Å². The van der Waals surface area contributed by atoms with E-state index < -0.39 is 6.10 Å². The van der Waals surface area contributed by atoms with Gasteiger partial charge in [-0.3, -0.25) is 14.4 Å². The Kier molecular flexibility index (Phi) is 47.6. The first-order valence-corrected chi connectivity index (χ1v) is 27.7. The molecule has 0 saturated carbocycles. The summed E-state index contributed by atoms with van der Waals surface area (Å²) in [7, 11) is 0. The van der Waals surface area contributed by atoms with Crippen LogP contribution in [0.5, 0.6) is 0 Å². The number of esters is 3. The van der Waals surface area contributed by atoms with E-state index in [0.29, 0.717) is 19.3 Å². The molecule has 6 nitrogen and oxygen atoms in total. The fourth-order valence-corrected chi connectivity index (χ4v) is 8.52. The first-order valence-electron chi connectivity index (χ1n) is 27.7. The zero-order valence-corrected chi connectivity index (χ0v) is 42.5. The van der Waals surface area contributed by atoms with Crippen LogP contribution in [0.3, 0.4) is 0 Å². The summed E-state index contributed by atoms with van der Waals surface area (Å²) in [6, 6.07) is 0. The monoisotopic (exact) mass is 877 g/mol. The highest BCUT2D eigenvalue weighted by Gasteiger charge is 2.19. The highest BCUT2D eigenvalue weighted by atomic mass is 16.6. The van der Waals surface area contributed by atoms with Crippen LogP contribution in [0, 0.1) is 11.8 Å². The maximum atomic E-state index is 12.8. The number of ether oxygens (including phenoxy) is 3. The van der Waals surface area contributed by atoms with E-state index in [1.165, 1.54) is 199 Å². The van der Waals surface area contributed by atoms with Crippen molar-refractivity contribution in [1.29, 1.82) is 0 Å². The molecule has 0 aliphatic rings. The van der Waals surface area contributed by atoms with Crippen LogP contribution in [0.4, 0.5) is 0 Å². The Morgan fingerprint density at radius 2 is 0.532 bits per heavy atom. The Bertz CT molecular complexity index is 947. The molecule has 0 spiro atoms. The largest absolute Gasteiger partial charge is 0.462 e. The van der Waals surface area contributed by atoms with Crippen molar-refractivity contribution in [3.63, 3.8) is 0 Å². The maximum absolute atomic E-state index is 12.8. The standard InChI is InChI=1S/C56H108O6/c1-6-7-8-9-10-11-12-13-21-24-27-30-36-41-46-54(57)60-49-53(50-61-55(58)47-42-37-33-32-35-40-45-52(4)5)62-56(59)48-43-38-31-28-25-22-19-17-15-14-16-18-20-23-26-29-34-39-44-51(2)3/h51-53H,6-50H2,1-5H3/t53-/m1/s1. The van der Waals surface area contributed by atoms with Crippen LogP contribution in [0.1, 0.15) is 311 Å². The van der Waals surface area contributed by atoms with Crippen molar-refractivity contribution in [2.75, 3.05) is 13.2 Å². The van der Waals surface area contributed by atoms with E-state index in [-0.39, 0.29) is 31.1 Å². The van der Waals surface area contributed by atoms with Crippen molar-refractivity contribution in [1.82, 2.24) is 0 Å². The van der Waals surface area contributed by atoms with Crippen molar-refractivity contribution in [2.24, 2.45) is 11.8 Å². The van der Waals surface area contributed by atoms with Crippen molar-refractivity contribution in [3.8, 4) is 0 Å². The molecule has 0 aromatic carbocycles. The Balaban J connectivity index is 4.20. The smallest absolute Gasteiger partial charge is 0.306 e. The Morgan fingerprint density at radius 3 is 0.790 bits per heavy atom. The molecule has 0 radical (unpaired) electrons. The molecule has 0 aromatic rings. The third kappa shape index (κ3) is 49.4. The Morgan fingerprint density at radius 1 is 0.306 bits per heavy atom. The summed E-state index contributed by atoms with van der Waals surface area (Å²) < 4.78 is 16.8. The van der Waals surface area contributed by atoms with Gasteiger partial charge in [0.15, 0.2) is 6.10 Å². The number of carbonyl (C=O) groups excluding carboxylic acids is 3. The van der Waals surface area contributed by atoms with E-state index in [1.807, 2.05) is 0 Å². The van der Waals surface area contributed by atoms with E-state index in [0.717, 1.165) is 69.6 Å². The highest BCUT2D eigenvalue weighted by molar-refractivity contribution is 5.71. The average Bonchev–Trinajstić information content (AvgIpc) is 3.24. The molecular weight excluding hydrogens is 769 g/mol. The van der Waals surface area contributed by atoms with Crippen LogP contribution in [0.2, 0.25) is 0 Å². The molecule has 368 valence electrons. The molecule has 0 rings (SSSR count). The normalized spacial score (nSPS) is 12.0. The fourth-order valence-electron chi connectivity index (χ4n) is 8.52. The van der Waals surface area contributed by atoms with Gasteiger partial charge >= 0.3 is 17.9 Å². The molecule has 0 aliphatic heterocycles. The minimum atomic E-state index is -0.762. The number of unbranched alkanes of at least 4 members (excludes halogenated alkanes) is 35. The van der Waals surface area contributed by atoms with Gasteiger partial charge in [-0.2, -0.15) is 0 Å². The first-order chi connectivity index (χ1) is 30.2. The number of hydrogen-bond acceptors (Lipinski definition) is 6. The van der Waals surface area contributed by atoms with Gasteiger partial charge in [-0.15, -0.1) is 0 Å². The third-order valence-electron chi connectivity index (χ3n) is 12.7. The topological polar surface area (TPSA) is 78.9 Å². The van der Waals surface area contributed by atoms with Gasteiger partial charge in [-0.1, -0.05) is 272 Å². The van der Waals surface area contributed by atoms with E-state index >= 15 is 0 Å². The summed E-state index contributed by atoms with van der Waals surface area (Å²) >= 11 is 0. The zero-order chi connectivity index (χ0) is 45.4. The lowest BCUT2D eigenvalue weighted by atomic mass is 10.0. The molecule has 0 saturated heterocycles. The quantitative estimate of drug-likeness (QED) is 0.0344. The molecule has 0 fully saturated rings. The Labute approximate surface area is 387 Å². The lowest BCUT2D eigenvalue weighted by molar-refractivity contribution is -0.167. The number of carbonyl (C=O) groups is 3. The molecular formula is C56H108O6. The van der Waals surface area contributed by atoms with Crippen LogP contribution in [-0.4, -0.2) is 37.2 Å². The van der Waals surface area contributed by atoms with Gasteiger partial charge < -0.3 is 14.2 Å². The zero-order valence-electron chi connectivity index (χ0n) is 42.5. The second-order valence-electron chi connectivity index (χ2n) is 20.2. The fraction of sp³-hybridized carbons (Fsp3) is 0.946. The summed E-state index contributed by atoms with van der Waals surface area (Å²) in [4.78, 5) is 38.0. The van der Waals surface area contributed by atoms with E-state index in [1.54, 1.807) is 0 Å². The lowest BCUT2D eigenvalue weighted by Crippen LogP contribution is -2.30. The van der Waals surface area contributed by atoms with Gasteiger partial charge in [0.2, 0.25) is 0 Å². The molecule has 0 heterocycles. The molecule has 0 unspecified atom stereocenters. The summed E-state index contributed by atoms with van der Waals surface area (Å²) in [5, 5.41) is 0. The lowest BCUT2D eigenvalue weighted by Gasteiger charge is -2.18. The van der Waals surface area contributed by atoms with Crippen molar-refractivity contribution < 1.29 is 28.6 Å². The molecule has 0 amide bonds. The van der Waals surface area contributed by atoms with Gasteiger partial charge in [0.05, 0.1) is 0 Å². The van der Waals surface area contributed by atoms with Crippen molar-refractivity contribution in [3.05, 3.63) is 0 Å². The average molecular weight is 877 g/mol. The summed E-state index contributed by atoms with van der Waals surface area (Å²) in [5.74, 6) is 0.773. The van der Waals surface area contributed by atoms with Gasteiger partial charge in [-0.25, -0.2) is 0 Å². The second-order valence-corrected chi connectivity index (χ2v) is 20.2. The molecule has 6 heteroatoms. The molecule has 0 bridgehead atoms. The number of rotatable bonds is 50. The van der Waals surface area contributed by atoms with Crippen LogP contribution in [0.15, 0.2) is 0 Å². The first kappa shape index (κ1) is 60.4. The van der Waals surface area contributed by atoms with Crippen LogP contribution in [-0.2, 0) is 28.6 Å². The molecule has 0 aliphatic carbocycles. The minimum absolute atomic E-state index is 0.0639. The molecule has 62 heavy (non-hydrogen) atoms. The van der Waals surface area contributed by atoms with E-state index in [2.05, 4.69) is 34.6 Å². The second kappa shape index (κ2) is 48.9.